The van der Waals surface area contributed by atoms with E-state index in [0.29, 0.717) is 11.3 Å². The van der Waals surface area contributed by atoms with Crippen LogP contribution in [0.2, 0.25) is 0 Å². The number of carbonyl (C=O) groups excluding carboxylic acids is 1. The zero-order valence-electron chi connectivity index (χ0n) is 13.5. The molecule has 128 valence electrons. The molecule has 0 spiro atoms. The summed E-state index contributed by atoms with van der Waals surface area (Å²) in [5.41, 5.74) is 8.58. The number of carbonyl (C=O) groups is 1. The Morgan fingerprint density at radius 1 is 1.21 bits per heavy atom. The number of ether oxygens (including phenoxy) is 1. The Labute approximate surface area is 140 Å². The first-order chi connectivity index (χ1) is 11.5. The fourth-order valence-electron chi connectivity index (χ4n) is 2.14. The maximum atomic E-state index is 11.6. The first-order valence-electron chi connectivity index (χ1n) is 7.64. The van der Waals surface area contributed by atoms with Crippen LogP contribution >= 0.6 is 0 Å². The number of alkyl carbamates (subject to hydrolysis) is 1. The molecule has 0 radical (unpaired) electrons. The van der Waals surface area contributed by atoms with E-state index in [-0.39, 0.29) is 13.2 Å². The summed E-state index contributed by atoms with van der Waals surface area (Å²) in [7, 11) is 0. The average molecular weight is 330 g/mol. The second kappa shape index (κ2) is 8.33. The summed E-state index contributed by atoms with van der Waals surface area (Å²) >= 11 is 0. The second-order valence-electron chi connectivity index (χ2n) is 5.57. The lowest BCUT2D eigenvalue weighted by atomic mass is 10.0. The summed E-state index contributed by atoms with van der Waals surface area (Å²) in [4.78, 5) is 11.6. The van der Waals surface area contributed by atoms with Gasteiger partial charge in [0.25, 0.3) is 0 Å². The first-order valence-corrected chi connectivity index (χ1v) is 7.64. The monoisotopic (exact) mass is 330 g/mol. The number of aryl methyl sites for hydroxylation is 1. The maximum Gasteiger partial charge on any atom is 0.407 e. The highest BCUT2D eigenvalue weighted by molar-refractivity contribution is 5.67. The number of nitrogens with two attached hydrogens (primary N) is 1. The van der Waals surface area contributed by atoms with Gasteiger partial charge in [-0.05, 0) is 29.7 Å². The van der Waals surface area contributed by atoms with Crippen LogP contribution in [0.1, 0.15) is 22.8 Å². The van der Waals surface area contributed by atoms with E-state index in [9.17, 15) is 15.0 Å². The van der Waals surface area contributed by atoms with Crippen molar-refractivity contribution in [3.63, 3.8) is 0 Å². The standard InChI is InChI=1S/C18H22N2O4/c1-12-7-8-14(9-15(12)19)17(22)16(21)10-20-18(23)24-11-13-5-3-2-4-6-13/h2-9,16-17,21-22H,10-11,19H2,1H3,(H,20,23). The Hall–Kier alpha value is -2.57. The number of aliphatic hydroxyl groups excluding tert-OH is 2. The van der Waals surface area contributed by atoms with Gasteiger partial charge in [-0.3, -0.25) is 0 Å². The normalized spacial score (nSPS) is 13.1. The van der Waals surface area contributed by atoms with E-state index in [1.807, 2.05) is 37.3 Å². The van der Waals surface area contributed by atoms with Crippen molar-refractivity contribution in [2.75, 3.05) is 12.3 Å². The van der Waals surface area contributed by atoms with Crippen molar-refractivity contribution in [2.24, 2.45) is 0 Å². The molecule has 2 aromatic rings. The molecule has 0 saturated heterocycles. The molecule has 6 nitrogen and oxygen atoms in total. The highest BCUT2D eigenvalue weighted by Crippen LogP contribution is 2.21. The predicted molar refractivity (Wildman–Crippen MR) is 91.2 cm³/mol. The van der Waals surface area contributed by atoms with Gasteiger partial charge in [-0.2, -0.15) is 0 Å². The van der Waals surface area contributed by atoms with Crippen LogP contribution in [0, 0.1) is 6.92 Å². The van der Waals surface area contributed by atoms with Gasteiger partial charge in [-0.1, -0.05) is 42.5 Å². The van der Waals surface area contributed by atoms with Crippen LogP contribution in [0.3, 0.4) is 0 Å². The molecule has 0 aliphatic carbocycles. The number of amides is 1. The molecular formula is C18H22N2O4. The minimum atomic E-state index is -1.17. The van der Waals surface area contributed by atoms with Crippen molar-refractivity contribution < 1.29 is 19.7 Å². The van der Waals surface area contributed by atoms with E-state index in [4.69, 9.17) is 10.5 Å². The van der Waals surface area contributed by atoms with Crippen LogP contribution in [0.4, 0.5) is 10.5 Å². The molecule has 24 heavy (non-hydrogen) atoms. The predicted octanol–water partition coefficient (Wildman–Crippen LogP) is 1.90. The zero-order chi connectivity index (χ0) is 17.5. The number of benzene rings is 2. The summed E-state index contributed by atoms with van der Waals surface area (Å²) < 4.78 is 5.04. The minimum absolute atomic E-state index is 0.136. The Morgan fingerprint density at radius 3 is 2.58 bits per heavy atom. The largest absolute Gasteiger partial charge is 0.445 e. The summed E-state index contributed by atoms with van der Waals surface area (Å²) in [5, 5.41) is 22.6. The van der Waals surface area contributed by atoms with Gasteiger partial charge in [-0.15, -0.1) is 0 Å². The Kier molecular flexibility index (Phi) is 6.17. The number of anilines is 1. The molecule has 6 heteroatoms. The minimum Gasteiger partial charge on any atom is -0.445 e. The van der Waals surface area contributed by atoms with Gasteiger partial charge in [-0.25, -0.2) is 4.79 Å². The van der Waals surface area contributed by atoms with Crippen molar-refractivity contribution in [2.45, 2.75) is 25.7 Å². The van der Waals surface area contributed by atoms with Crippen LogP contribution < -0.4 is 11.1 Å². The number of aliphatic hydroxyl groups is 2. The molecule has 5 N–H and O–H groups in total. The van der Waals surface area contributed by atoms with Crippen LogP contribution in [-0.2, 0) is 11.3 Å². The molecule has 0 bridgehead atoms. The Balaban J connectivity index is 1.80. The Bertz CT molecular complexity index is 676. The number of hydrogen-bond donors (Lipinski definition) is 4. The lowest BCUT2D eigenvalue weighted by Crippen LogP contribution is -2.35. The molecule has 2 atom stereocenters. The van der Waals surface area contributed by atoms with Crippen molar-refractivity contribution in [3.05, 3.63) is 65.2 Å². The molecule has 0 heterocycles. The highest BCUT2D eigenvalue weighted by Gasteiger charge is 2.19. The summed E-state index contributed by atoms with van der Waals surface area (Å²) in [6, 6.07) is 14.3. The van der Waals surface area contributed by atoms with Gasteiger partial charge >= 0.3 is 6.09 Å². The van der Waals surface area contributed by atoms with Gasteiger partial charge in [0.2, 0.25) is 0 Å². The number of hydrogen-bond acceptors (Lipinski definition) is 5. The fraction of sp³-hybridized carbons (Fsp3) is 0.278. The Morgan fingerprint density at radius 2 is 1.92 bits per heavy atom. The third-order valence-electron chi connectivity index (χ3n) is 3.68. The van der Waals surface area contributed by atoms with E-state index in [1.54, 1.807) is 18.2 Å². The molecule has 1 amide bonds. The quantitative estimate of drug-likeness (QED) is 0.606. The highest BCUT2D eigenvalue weighted by atomic mass is 16.5. The smallest absolute Gasteiger partial charge is 0.407 e. The second-order valence-corrected chi connectivity index (χ2v) is 5.57. The van der Waals surface area contributed by atoms with Crippen molar-refractivity contribution in [3.8, 4) is 0 Å². The number of nitrogen functional groups attached to an aromatic ring is 1. The molecule has 0 fully saturated rings. The number of nitrogens with one attached hydrogen (secondary N) is 1. The summed E-state index contributed by atoms with van der Waals surface area (Å²) in [5.74, 6) is 0. The molecule has 0 aliphatic rings. The first kappa shape index (κ1) is 17.8. The van der Waals surface area contributed by atoms with Gasteiger partial charge in [0.05, 0.1) is 0 Å². The molecule has 2 unspecified atom stereocenters. The van der Waals surface area contributed by atoms with Crippen LogP contribution in [0.15, 0.2) is 48.5 Å². The maximum absolute atomic E-state index is 11.6. The molecular weight excluding hydrogens is 308 g/mol. The summed E-state index contributed by atoms with van der Waals surface area (Å²) in [6.07, 6.45) is -2.98. The summed E-state index contributed by atoms with van der Waals surface area (Å²) in [6.45, 7) is 1.86. The van der Waals surface area contributed by atoms with E-state index in [2.05, 4.69) is 5.32 Å². The van der Waals surface area contributed by atoms with E-state index in [1.165, 1.54) is 0 Å². The van der Waals surface area contributed by atoms with E-state index in [0.717, 1.165) is 11.1 Å². The molecule has 0 aliphatic heterocycles. The lowest BCUT2D eigenvalue weighted by Gasteiger charge is -2.19. The van der Waals surface area contributed by atoms with E-state index < -0.39 is 18.3 Å². The molecule has 0 saturated carbocycles. The van der Waals surface area contributed by atoms with Crippen molar-refractivity contribution in [1.29, 1.82) is 0 Å². The van der Waals surface area contributed by atoms with Crippen molar-refractivity contribution >= 4 is 11.8 Å². The SMILES string of the molecule is Cc1ccc(C(O)C(O)CNC(=O)OCc2ccccc2)cc1N. The topological polar surface area (TPSA) is 105 Å². The van der Waals surface area contributed by atoms with Gasteiger partial charge in [0.15, 0.2) is 0 Å². The molecule has 2 rings (SSSR count). The number of rotatable bonds is 6. The third kappa shape index (κ3) is 4.97. The van der Waals surface area contributed by atoms with Crippen LogP contribution in [0.5, 0.6) is 0 Å². The van der Waals surface area contributed by atoms with Crippen LogP contribution in [-0.4, -0.2) is 29.0 Å². The van der Waals surface area contributed by atoms with E-state index >= 15 is 0 Å². The van der Waals surface area contributed by atoms with Gasteiger partial charge < -0.3 is 26.0 Å². The molecule has 0 aromatic heterocycles. The van der Waals surface area contributed by atoms with Crippen LogP contribution in [0.25, 0.3) is 0 Å². The fourth-order valence-corrected chi connectivity index (χ4v) is 2.14. The van der Waals surface area contributed by atoms with Gasteiger partial charge in [0.1, 0.15) is 18.8 Å². The lowest BCUT2D eigenvalue weighted by molar-refractivity contribution is 0.0184. The van der Waals surface area contributed by atoms with Crippen molar-refractivity contribution in [1.82, 2.24) is 5.32 Å². The van der Waals surface area contributed by atoms with Gasteiger partial charge in [0, 0.05) is 12.2 Å². The zero-order valence-corrected chi connectivity index (χ0v) is 13.5. The molecule has 2 aromatic carbocycles. The average Bonchev–Trinajstić information content (AvgIpc) is 2.60. The third-order valence-corrected chi connectivity index (χ3v) is 3.68.